The SMILES string of the molecule is CCN(CC1CCCN1)C(=O)Oc1ccccc1. The van der Waals surface area contributed by atoms with Crippen molar-refractivity contribution in [2.45, 2.75) is 25.8 Å². The van der Waals surface area contributed by atoms with Crippen LogP contribution in [0.15, 0.2) is 30.3 Å². The van der Waals surface area contributed by atoms with Crippen LogP contribution in [0, 0.1) is 0 Å². The average Bonchev–Trinajstić information content (AvgIpc) is 2.90. The fourth-order valence-electron chi connectivity index (χ4n) is 2.17. The zero-order valence-electron chi connectivity index (χ0n) is 10.8. The van der Waals surface area contributed by atoms with Crippen LogP contribution in [0.1, 0.15) is 19.8 Å². The zero-order valence-corrected chi connectivity index (χ0v) is 10.8. The maximum absolute atomic E-state index is 12.0. The molecule has 2 rings (SSSR count). The lowest BCUT2D eigenvalue weighted by Crippen LogP contribution is -2.42. The molecule has 0 radical (unpaired) electrons. The van der Waals surface area contributed by atoms with Gasteiger partial charge in [0, 0.05) is 19.1 Å². The largest absolute Gasteiger partial charge is 0.415 e. The van der Waals surface area contributed by atoms with Crippen LogP contribution in [0.25, 0.3) is 0 Å². The summed E-state index contributed by atoms with van der Waals surface area (Å²) in [6.45, 7) is 4.42. The molecule has 1 saturated heterocycles. The third-order valence-corrected chi connectivity index (χ3v) is 3.19. The lowest BCUT2D eigenvalue weighted by molar-refractivity contribution is 0.150. The van der Waals surface area contributed by atoms with Gasteiger partial charge in [-0.2, -0.15) is 0 Å². The summed E-state index contributed by atoms with van der Waals surface area (Å²) in [6, 6.07) is 9.61. The number of para-hydroxylation sites is 1. The third kappa shape index (κ3) is 3.47. The van der Waals surface area contributed by atoms with E-state index in [-0.39, 0.29) is 6.09 Å². The minimum absolute atomic E-state index is 0.266. The lowest BCUT2D eigenvalue weighted by Gasteiger charge is -2.23. The van der Waals surface area contributed by atoms with Crippen LogP contribution in [0.4, 0.5) is 4.79 Å². The minimum atomic E-state index is -0.266. The van der Waals surface area contributed by atoms with Crippen molar-refractivity contribution < 1.29 is 9.53 Å². The van der Waals surface area contributed by atoms with Gasteiger partial charge in [-0.3, -0.25) is 0 Å². The van der Waals surface area contributed by atoms with E-state index in [0.29, 0.717) is 18.3 Å². The number of benzene rings is 1. The van der Waals surface area contributed by atoms with Crippen molar-refractivity contribution in [3.63, 3.8) is 0 Å². The highest BCUT2D eigenvalue weighted by molar-refractivity contribution is 5.70. The molecule has 4 heteroatoms. The number of likely N-dealkylation sites (N-methyl/N-ethyl adjacent to an activating group) is 1. The van der Waals surface area contributed by atoms with E-state index in [0.717, 1.165) is 19.5 Å². The van der Waals surface area contributed by atoms with E-state index in [2.05, 4.69) is 5.32 Å². The van der Waals surface area contributed by atoms with Gasteiger partial charge >= 0.3 is 6.09 Å². The third-order valence-electron chi connectivity index (χ3n) is 3.19. The number of amides is 1. The van der Waals surface area contributed by atoms with E-state index in [1.165, 1.54) is 6.42 Å². The van der Waals surface area contributed by atoms with Gasteiger partial charge in [0.15, 0.2) is 0 Å². The molecule has 0 bridgehead atoms. The van der Waals surface area contributed by atoms with Crippen molar-refractivity contribution in [1.82, 2.24) is 10.2 Å². The zero-order chi connectivity index (χ0) is 12.8. The Morgan fingerprint density at radius 2 is 2.22 bits per heavy atom. The molecule has 1 aromatic carbocycles. The van der Waals surface area contributed by atoms with Gasteiger partial charge in [0.1, 0.15) is 5.75 Å². The highest BCUT2D eigenvalue weighted by atomic mass is 16.6. The Kier molecular flexibility index (Phi) is 4.59. The molecular formula is C14H20N2O2. The molecule has 1 aromatic rings. The van der Waals surface area contributed by atoms with Crippen molar-refractivity contribution in [1.29, 1.82) is 0 Å². The highest BCUT2D eigenvalue weighted by Crippen LogP contribution is 2.12. The molecule has 0 aromatic heterocycles. The molecule has 98 valence electrons. The normalized spacial score (nSPS) is 18.6. The maximum Gasteiger partial charge on any atom is 0.415 e. The molecule has 1 amide bonds. The van der Waals surface area contributed by atoms with Crippen LogP contribution in [-0.2, 0) is 0 Å². The number of carbonyl (C=O) groups is 1. The number of ether oxygens (including phenoxy) is 1. The Morgan fingerprint density at radius 1 is 1.44 bits per heavy atom. The summed E-state index contributed by atoms with van der Waals surface area (Å²) in [5.74, 6) is 0.598. The highest BCUT2D eigenvalue weighted by Gasteiger charge is 2.21. The van der Waals surface area contributed by atoms with E-state index < -0.39 is 0 Å². The second-order valence-corrected chi connectivity index (χ2v) is 4.51. The van der Waals surface area contributed by atoms with Crippen molar-refractivity contribution >= 4 is 6.09 Å². The maximum atomic E-state index is 12.0. The Hall–Kier alpha value is -1.55. The number of nitrogens with zero attached hydrogens (tertiary/aromatic N) is 1. The monoisotopic (exact) mass is 248 g/mol. The van der Waals surface area contributed by atoms with Gasteiger partial charge in [0.2, 0.25) is 0 Å². The molecule has 4 nitrogen and oxygen atoms in total. The van der Waals surface area contributed by atoms with Crippen molar-refractivity contribution in [3.05, 3.63) is 30.3 Å². The molecule has 18 heavy (non-hydrogen) atoms. The number of rotatable bonds is 4. The average molecular weight is 248 g/mol. The molecule has 0 aliphatic carbocycles. The van der Waals surface area contributed by atoms with Crippen LogP contribution in [0.2, 0.25) is 0 Å². The first-order valence-corrected chi connectivity index (χ1v) is 6.54. The van der Waals surface area contributed by atoms with Gasteiger partial charge < -0.3 is 15.0 Å². The Labute approximate surface area is 108 Å². The van der Waals surface area contributed by atoms with E-state index in [1.54, 1.807) is 17.0 Å². The Balaban J connectivity index is 1.88. The molecule has 0 spiro atoms. The van der Waals surface area contributed by atoms with E-state index >= 15 is 0 Å². The van der Waals surface area contributed by atoms with Crippen LogP contribution >= 0.6 is 0 Å². The minimum Gasteiger partial charge on any atom is -0.410 e. The summed E-state index contributed by atoms with van der Waals surface area (Å²) in [5, 5.41) is 3.39. The molecule has 0 saturated carbocycles. The second-order valence-electron chi connectivity index (χ2n) is 4.51. The van der Waals surface area contributed by atoms with Crippen LogP contribution < -0.4 is 10.1 Å². The predicted molar refractivity (Wildman–Crippen MR) is 70.7 cm³/mol. The molecule has 1 fully saturated rings. The van der Waals surface area contributed by atoms with Gasteiger partial charge in [-0.25, -0.2) is 4.79 Å². The van der Waals surface area contributed by atoms with Crippen LogP contribution in [0.5, 0.6) is 5.75 Å². The second kappa shape index (κ2) is 6.40. The molecular weight excluding hydrogens is 228 g/mol. The first-order chi connectivity index (χ1) is 8.79. The quantitative estimate of drug-likeness (QED) is 0.888. The summed E-state index contributed by atoms with van der Waals surface area (Å²) < 4.78 is 5.34. The predicted octanol–water partition coefficient (Wildman–Crippen LogP) is 2.26. The Bertz CT molecular complexity index is 375. The van der Waals surface area contributed by atoms with Gasteiger partial charge in [0.05, 0.1) is 0 Å². The van der Waals surface area contributed by atoms with Crippen LogP contribution in [-0.4, -0.2) is 36.7 Å². The first-order valence-electron chi connectivity index (χ1n) is 6.54. The smallest absolute Gasteiger partial charge is 0.410 e. The first kappa shape index (κ1) is 12.9. The molecule has 1 aliphatic heterocycles. The topological polar surface area (TPSA) is 41.6 Å². The summed E-state index contributed by atoms with van der Waals surface area (Å²) >= 11 is 0. The fraction of sp³-hybridized carbons (Fsp3) is 0.500. The number of hydrogen-bond acceptors (Lipinski definition) is 3. The van der Waals surface area contributed by atoms with Crippen molar-refractivity contribution in [2.75, 3.05) is 19.6 Å². The standard InChI is InChI=1S/C14H20N2O2/c1-2-16(11-12-7-6-10-15-12)14(17)18-13-8-4-3-5-9-13/h3-5,8-9,12,15H,2,6-7,10-11H2,1H3. The lowest BCUT2D eigenvalue weighted by atomic mass is 10.2. The Morgan fingerprint density at radius 3 is 2.83 bits per heavy atom. The van der Waals surface area contributed by atoms with Gasteiger partial charge in [-0.05, 0) is 38.4 Å². The molecule has 1 unspecified atom stereocenters. The summed E-state index contributed by atoms with van der Waals surface area (Å²) in [5.41, 5.74) is 0. The van der Waals surface area contributed by atoms with Gasteiger partial charge in [0.25, 0.3) is 0 Å². The van der Waals surface area contributed by atoms with E-state index in [4.69, 9.17) is 4.74 Å². The number of carbonyl (C=O) groups excluding carboxylic acids is 1. The van der Waals surface area contributed by atoms with Crippen molar-refractivity contribution in [3.8, 4) is 5.75 Å². The van der Waals surface area contributed by atoms with Crippen molar-refractivity contribution in [2.24, 2.45) is 0 Å². The number of nitrogens with one attached hydrogen (secondary N) is 1. The summed E-state index contributed by atoms with van der Waals surface area (Å²) in [6.07, 6.45) is 2.06. The van der Waals surface area contributed by atoms with E-state index in [9.17, 15) is 4.79 Å². The van der Waals surface area contributed by atoms with Gasteiger partial charge in [-0.15, -0.1) is 0 Å². The molecule has 1 aliphatic rings. The molecule has 1 N–H and O–H groups in total. The fourth-order valence-corrected chi connectivity index (χ4v) is 2.17. The van der Waals surface area contributed by atoms with Crippen LogP contribution in [0.3, 0.4) is 0 Å². The van der Waals surface area contributed by atoms with E-state index in [1.807, 2.05) is 25.1 Å². The summed E-state index contributed by atoms with van der Waals surface area (Å²) in [7, 11) is 0. The van der Waals surface area contributed by atoms with Gasteiger partial charge in [-0.1, -0.05) is 18.2 Å². The number of hydrogen-bond donors (Lipinski definition) is 1. The molecule has 1 heterocycles. The molecule has 1 atom stereocenters. The summed E-state index contributed by atoms with van der Waals surface area (Å²) in [4.78, 5) is 13.8.